The van der Waals surface area contributed by atoms with Gasteiger partial charge in [0.05, 0.1) is 12.1 Å². The molecule has 0 fully saturated rings. The molecule has 0 saturated carbocycles. The summed E-state index contributed by atoms with van der Waals surface area (Å²) < 4.78 is 0. The van der Waals surface area contributed by atoms with Gasteiger partial charge in [0.1, 0.15) is 5.75 Å². The minimum absolute atomic E-state index is 0.000376. The second-order valence-corrected chi connectivity index (χ2v) is 4.24. The smallest absolute Gasteiger partial charge is 0.185 e. The fourth-order valence-corrected chi connectivity index (χ4v) is 1.68. The van der Waals surface area contributed by atoms with Gasteiger partial charge in [0.15, 0.2) is 5.78 Å². The van der Waals surface area contributed by atoms with E-state index in [1.54, 1.807) is 42.5 Å². The molecule has 0 saturated heterocycles. The number of hydrogen-bond acceptors (Lipinski definition) is 3. The highest BCUT2D eigenvalue weighted by atomic mass is 35.5. The monoisotopic (exact) mass is 261 g/mol. The average molecular weight is 262 g/mol. The van der Waals surface area contributed by atoms with Crippen LogP contribution >= 0.6 is 11.6 Å². The highest BCUT2D eigenvalue weighted by Crippen LogP contribution is 2.17. The van der Waals surface area contributed by atoms with Crippen LogP contribution < -0.4 is 5.32 Å². The number of Topliss-reactive ketones (excluding diaryl/α,β-unsaturated/α-hetero) is 1. The lowest BCUT2D eigenvalue weighted by atomic mass is 10.1. The zero-order chi connectivity index (χ0) is 13.0. The number of phenolic OH excluding ortho intramolecular Hbond substituents is 1. The number of phenols is 1. The van der Waals surface area contributed by atoms with E-state index in [0.717, 1.165) is 5.69 Å². The normalized spacial score (nSPS) is 10.1. The summed E-state index contributed by atoms with van der Waals surface area (Å²) in [4.78, 5) is 11.9. The van der Waals surface area contributed by atoms with Gasteiger partial charge in [0, 0.05) is 10.7 Å². The first-order valence-electron chi connectivity index (χ1n) is 5.47. The van der Waals surface area contributed by atoms with Crippen molar-refractivity contribution in [3.63, 3.8) is 0 Å². The zero-order valence-electron chi connectivity index (χ0n) is 9.56. The first-order valence-corrected chi connectivity index (χ1v) is 5.85. The maximum Gasteiger partial charge on any atom is 0.185 e. The summed E-state index contributed by atoms with van der Waals surface area (Å²) >= 11 is 5.76. The molecule has 0 radical (unpaired) electrons. The van der Waals surface area contributed by atoms with E-state index in [1.807, 2.05) is 0 Å². The third-order valence-corrected chi connectivity index (χ3v) is 2.75. The lowest BCUT2D eigenvalue weighted by molar-refractivity contribution is 0.100. The predicted octanol–water partition coefficient (Wildman–Crippen LogP) is 3.34. The minimum atomic E-state index is -0.164. The van der Waals surface area contributed by atoms with Gasteiger partial charge >= 0.3 is 0 Å². The molecule has 2 aromatic carbocycles. The van der Waals surface area contributed by atoms with Crippen LogP contribution in [0.25, 0.3) is 0 Å². The van der Waals surface area contributed by atoms with Gasteiger partial charge in [-0.15, -0.1) is 0 Å². The molecule has 0 amide bonds. The van der Waals surface area contributed by atoms with Gasteiger partial charge < -0.3 is 10.4 Å². The fourth-order valence-electron chi connectivity index (χ4n) is 1.55. The summed E-state index contributed by atoms with van der Waals surface area (Å²) in [6.45, 7) is 0.124. The number of carbonyl (C=O) groups excluding carboxylic acids is 1. The Hall–Kier alpha value is -2.00. The van der Waals surface area contributed by atoms with Crippen LogP contribution in [0, 0.1) is 0 Å². The SMILES string of the molecule is O=C(CNc1ccc(Cl)cc1)c1ccccc1O. The van der Waals surface area contributed by atoms with Crippen molar-refractivity contribution in [1.29, 1.82) is 0 Å². The first kappa shape index (κ1) is 12.5. The molecule has 0 aliphatic heterocycles. The molecule has 0 aliphatic carbocycles. The largest absolute Gasteiger partial charge is 0.507 e. The van der Waals surface area contributed by atoms with E-state index >= 15 is 0 Å². The third-order valence-electron chi connectivity index (χ3n) is 2.50. The van der Waals surface area contributed by atoms with Gasteiger partial charge in [0.2, 0.25) is 0 Å². The summed E-state index contributed by atoms with van der Waals surface area (Å²) in [5, 5.41) is 13.2. The number of hydrogen-bond donors (Lipinski definition) is 2. The molecule has 3 nitrogen and oxygen atoms in total. The number of halogens is 1. The number of benzene rings is 2. The Morgan fingerprint density at radius 3 is 2.44 bits per heavy atom. The van der Waals surface area contributed by atoms with Crippen LogP contribution in [-0.4, -0.2) is 17.4 Å². The van der Waals surface area contributed by atoms with Crippen molar-refractivity contribution in [1.82, 2.24) is 0 Å². The van der Waals surface area contributed by atoms with Gasteiger partial charge in [-0.2, -0.15) is 0 Å². The molecule has 0 heterocycles. The maximum absolute atomic E-state index is 11.9. The van der Waals surface area contributed by atoms with Crippen LogP contribution in [0.1, 0.15) is 10.4 Å². The van der Waals surface area contributed by atoms with E-state index in [9.17, 15) is 9.90 Å². The molecule has 4 heteroatoms. The molecule has 0 unspecified atom stereocenters. The van der Waals surface area contributed by atoms with Gasteiger partial charge in [-0.1, -0.05) is 23.7 Å². The zero-order valence-corrected chi connectivity index (χ0v) is 10.3. The predicted molar refractivity (Wildman–Crippen MR) is 72.4 cm³/mol. The van der Waals surface area contributed by atoms with E-state index in [1.165, 1.54) is 6.07 Å². The number of nitrogens with one attached hydrogen (secondary N) is 1. The van der Waals surface area contributed by atoms with Crippen LogP contribution in [-0.2, 0) is 0 Å². The van der Waals surface area contributed by atoms with Crippen molar-refractivity contribution >= 4 is 23.1 Å². The number of aromatic hydroxyl groups is 1. The van der Waals surface area contributed by atoms with Gasteiger partial charge in [-0.3, -0.25) is 4.79 Å². The summed E-state index contributed by atoms with van der Waals surface area (Å²) in [7, 11) is 0. The van der Waals surface area contributed by atoms with E-state index < -0.39 is 0 Å². The van der Waals surface area contributed by atoms with E-state index in [4.69, 9.17) is 11.6 Å². The number of rotatable bonds is 4. The van der Waals surface area contributed by atoms with Crippen LogP contribution in [0.4, 0.5) is 5.69 Å². The maximum atomic E-state index is 11.9. The van der Waals surface area contributed by atoms with Crippen LogP contribution in [0.2, 0.25) is 5.02 Å². The Balaban J connectivity index is 2.01. The fraction of sp³-hybridized carbons (Fsp3) is 0.0714. The average Bonchev–Trinajstić information content (AvgIpc) is 2.38. The third kappa shape index (κ3) is 3.02. The molecular weight excluding hydrogens is 250 g/mol. The number of anilines is 1. The topological polar surface area (TPSA) is 49.3 Å². The molecule has 2 N–H and O–H groups in total. The van der Waals surface area contributed by atoms with E-state index in [-0.39, 0.29) is 18.1 Å². The summed E-state index contributed by atoms with van der Waals surface area (Å²) in [6, 6.07) is 13.6. The summed E-state index contributed by atoms with van der Waals surface area (Å²) in [6.07, 6.45) is 0. The van der Waals surface area contributed by atoms with Gasteiger partial charge in [-0.25, -0.2) is 0 Å². The van der Waals surface area contributed by atoms with Crippen LogP contribution in [0.3, 0.4) is 0 Å². The van der Waals surface area contributed by atoms with Crippen molar-refractivity contribution in [3.8, 4) is 5.75 Å². The standard InChI is InChI=1S/C14H12ClNO2/c15-10-5-7-11(8-6-10)16-9-14(18)12-3-1-2-4-13(12)17/h1-8,16-17H,9H2. The highest BCUT2D eigenvalue weighted by molar-refractivity contribution is 6.30. The molecular formula is C14H12ClNO2. The molecule has 0 atom stereocenters. The van der Waals surface area contributed by atoms with Crippen molar-refractivity contribution in [3.05, 3.63) is 59.1 Å². The molecule has 2 aromatic rings. The molecule has 92 valence electrons. The molecule has 0 spiro atoms. The quantitative estimate of drug-likeness (QED) is 0.830. The Labute approximate surface area is 110 Å². The van der Waals surface area contributed by atoms with Crippen molar-refractivity contribution < 1.29 is 9.90 Å². The molecule has 2 rings (SSSR count). The van der Waals surface area contributed by atoms with Crippen LogP contribution in [0.15, 0.2) is 48.5 Å². The molecule has 0 aromatic heterocycles. The van der Waals surface area contributed by atoms with E-state index in [0.29, 0.717) is 10.6 Å². The van der Waals surface area contributed by atoms with Crippen LogP contribution in [0.5, 0.6) is 5.75 Å². The number of carbonyl (C=O) groups is 1. The summed E-state index contributed by atoms with van der Waals surface area (Å²) in [5.41, 5.74) is 1.13. The van der Waals surface area contributed by atoms with Gasteiger partial charge in [-0.05, 0) is 36.4 Å². The van der Waals surface area contributed by atoms with Crippen molar-refractivity contribution in [2.45, 2.75) is 0 Å². The van der Waals surface area contributed by atoms with Gasteiger partial charge in [0.25, 0.3) is 0 Å². The highest BCUT2D eigenvalue weighted by Gasteiger charge is 2.09. The van der Waals surface area contributed by atoms with Crippen molar-refractivity contribution in [2.75, 3.05) is 11.9 Å². The number of para-hydroxylation sites is 1. The first-order chi connectivity index (χ1) is 8.66. The Morgan fingerprint density at radius 1 is 1.11 bits per heavy atom. The number of ketones is 1. The lowest BCUT2D eigenvalue weighted by Crippen LogP contribution is -2.13. The Bertz CT molecular complexity index is 552. The Morgan fingerprint density at radius 2 is 1.78 bits per heavy atom. The summed E-state index contributed by atoms with van der Waals surface area (Å²) in [5.74, 6) is -0.163. The second kappa shape index (κ2) is 5.56. The minimum Gasteiger partial charge on any atom is -0.507 e. The Kier molecular flexibility index (Phi) is 3.85. The molecule has 18 heavy (non-hydrogen) atoms. The second-order valence-electron chi connectivity index (χ2n) is 3.80. The van der Waals surface area contributed by atoms with E-state index in [2.05, 4.69) is 5.32 Å². The molecule has 0 bridgehead atoms. The van der Waals surface area contributed by atoms with Crippen molar-refractivity contribution in [2.24, 2.45) is 0 Å². The molecule has 0 aliphatic rings. The lowest BCUT2D eigenvalue weighted by Gasteiger charge is -2.06.